The van der Waals surface area contributed by atoms with Crippen molar-refractivity contribution in [2.24, 2.45) is 11.5 Å². The molecule has 2 aromatic rings. The highest BCUT2D eigenvalue weighted by Crippen LogP contribution is 2.27. The fraction of sp³-hybridized carbons (Fsp3) is 0.217. The van der Waals surface area contributed by atoms with Gasteiger partial charge in [-0.05, 0) is 43.3 Å². The molecule has 0 aliphatic carbocycles. The highest BCUT2D eigenvalue weighted by atomic mass is 16.5. The molecule has 3 amide bonds. The number of aliphatic carboxylic acids is 1. The lowest BCUT2D eigenvalue weighted by atomic mass is 9.99. The van der Waals surface area contributed by atoms with Crippen LogP contribution in [-0.4, -0.2) is 59.4 Å². The molecule has 0 aliphatic rings. The number of hydrogen-bond acceptors (Lipinski definition) is 8. The van der Waals surface area contributed by atoms with E-state index < -0.39 is 47.8 Å². The number of carbonyl (C=O) groups is 5. The lowest BCUT2D eigenvalue weighted by Crippen LogP contribution is -2.73. The molecule has 2 aromatic carbocycles. The maximum Gasteiger partial charge on any atom is 0.361 e. The SMILES string of the molecule is COC(=O)[C@](NC(=O)Nc1ccc(C(=N)N)cc1)(C(C)=O)N(C(=O)[C@@H](N)CC(=O)O)c1ccccc1. The summed E-state index contributed by atoms with van der Waals surface area (Å²) in [7, 11) is 0.949. The molecule has 0 aliphatic heterocycles. The van der Waals surface area contributed by atoms with E-state index in [-0.39, 0.29) is 17.2 Å². The predicted octanol–water partition coefficient (Wildman–Crippen LogP) is 0.386. The second-order valence-corrected chi connectivity index (χ2v) is 7.54. The number of amidine groups is 1. The minimum Gasteiger partial charge on any atom is -0.481 e. The van der Waals surface area contributed by atoms with Gasteiger partial charge in [0.15, 0.2) is 5.78 Å². The van der Waals surface area contributed by atoms with Crippen LogP contribution in [0.2, 0.25) is 0 Å². The van der Waals surface area contributed by atoms with E-state index >= 15 is 0 Å². The molecule has 8 N–H and O–H groups in total. The van der Waals surface area contributed by atoms with Crippen LogP contribution in [0.15, 0.2) is 54.6 Å². The molecule has 0 saturated carbocycles. The molecule has 0 bridgehead atoms. The van der Waals surface area contributed by atoms with E-state index in [9.17, 15) is 24.0 Å². The zero-order valence-corrected chi connectivity index (χ0v) is 19.5. The Morgan fingerprint density at radius 1 is 1.08 bits per heavy atom. The first-order valence-corrected chi connectivity index (χ1v) is 10.4. The molecule has 13 heteroatoms. The van der Waals surface area contributed by atoms with E-state index in [1.54, 1.807) is 6.07 Å². The van der Waals surface area contributed by atoms with Gasteiger partial charge in [-0.3, -0.25) is 30.0 Å². The number of nitrogens with two attached hydrogens (primary N) is 2. The summed E-state index contributed by atoms with van der Waals surface area (Å²) >= 11 is 0. The summed E-state index contributed by atoms with van der Waals surface area (Å²) in [6, 6.07) is 10.3. The van der Waals surface area contributed by atoms with Crippen molar-refractivity contribution in [3.8, 4) is 0 Å². The molecule has 0 fully saturated rings. The Kier molecular flexibility index (Phi) is 8.83. The number of nitrogens with one attached hydrogen (secondary N) is 3. The topological polar surface area (TPSA) is 218 Å². The number of esters is 1. The Balaban J connectivity index is 2.58. The van der Waals surface area contributed by atoms with E-state index in [0.29, 0.717) is 10.5 Å². The van der Waals surface area contributed by atoms with Crippen molar-refractivity contribution in [2.45, 2.75) is 25.0 Å². The van der Waals surface area contributed by atoms with Gasteiger partial charge in [0.25, 0.3) is 5.66 Å². The minimum atomic E-state index is -2.74. The fourth-order valence-electron chi connectivity index (χ4n) is 3.30. The number of methoxy groups -OCH3 is 1. The number of anilines is 2. The van der Waals surface area contributed by atoms with Gasteiger partial charge < -0.3 is 26.6 Å². The summed E-state index contributed by atoms with van der Waals surface area (Å²) in [4.78, 5) is 64.2. The summed E-state index contributed by atoms with van der Waals surface area (Å²) in [5.74, 6) is -5.06. The number of ether oxygens (including phenoxy) is 1. The number of carboxylic acid groups (broad SMARTS) is 1. The molecular weight excluding hydrogens is 472 g/mol. The summed E-state index contributed by atoms with van der Waals surface area (Å²) in [6.07, 6.45) is -0.813. The number of benzene rings is 2. The van der Waals surface area contributed by atoms with Gasteiger partial charge in [0, 0.05) is 16.9 Å². The van der Waals surface area contributed by atoms with E-state index in [1.807, 2.05) is 0 Å². The molecule has 2 rings (SSSR count). The number of rotatable bonds is 10. The molecule has 36 heavy (non-hydrogen) atoms. The van der Waals surface area contributed by atoms with Crippen molar-refractivity contribution in [2.75, 3.05) is 17.3 Å². The van der Waals surface area contributed by atoms with Crippen LogP contribution in [0.1, 0.15) is 18.9 Å². The number of carbonyl (C=O) groups excluding carboxylic acids is 4. The van der Waals surface area contributed by atoms with Gasteiger partial charge in [-0.15, -0.1) is 0 Å². The van der Waals surface area contributed by atoms with Gasteiger partial charge in [0.1, 0.15) is 5.84 Å². The molecule has 0 spiro atoms. The van der Waals surface area contributed by atoms with E-state index in [4.69, 9.17) is 26.7 Å². The predicted molar refractivity (Wildman–Crippen MR) is 129 cm³/mol. The number of ketones is 1. The lowest BCUT2D eigenvalue weighted by Gasteiger charge is -2.40. The van der Waals surface area contributed by atoms with Gasteiger partial charge in [-0.25, -0.2) is 9.59 Å². The molecule has 0 heterocycles. The number of nitrogen functional groups attached to an aromatic ring is 1. The highest BCUT2D eigenvalue weighted by molar-refractivity contribution is 6.19. The second-order valence-electron chi connectivity index (χ2n) is 7.54. The van der Waals surface area contributed by atoms with Crippen LogP contribution < -0.4 is 27.0 Å². The Labute approximate surface area is 205 Å². The molecule has 0 unspecified atom stereocenters. The average molecular weight is 498 g/mol. The first kappa shape index (κ1) is 27.5. The number of hydrogen-bond donors (Lipinski definition) is 6. The Hall–Kier alpha value is -4.78. The molecule has 13 nitrogen and oxygen atoms in total. The summed E-state index contributed by atoms with van der Waals surface area (Å²) in [5.41, 5.74) is 9.03. The summed E-state index contributed by atoms with van der Waals surface area (Å²) in [5, 5.41) is 21.2. The largest absolute Gasteiger partial charge is 0.481 e. The Morgan fingerprint density at radius 3 is 2.14 bits per heavy atom. The van der Waals surface area contributed by atoms with E-state index in [0.717, 1.165) is 14.0 Å². The monoisotopic (exact) mass is 498 g/mol. The number of Topliss-reactive ketones (excluding diaryl/α,β-unsaturated/α-hetero) is 1. The number of urea groups is 1. The number of para-hydroxylation sites is 1. The van der Waals surface area contributed by atoms with Crippen LogP contribution in [0.5, 0.6) is 0 Å². The van der Waals surface area contributed by atoms with Gasteiger partial charge in [0.2, 0.25) is 5.91 Å². The average Bonchev–Trinajstić information content (AvgIpc) is 2.83. The van der Waals surface area contributed by atoms with Crippen LogP contribution in [0.25, 0.3) is 0 Å². The van der Waals surface area contributed by atoms with Gasteiger partial charge >= 0.3 is 18.0 Å². The van der Waals surface area contributed by atoms with Gasteiger partial charge in [-0.1, -0.05) is 18.2 Å². The molecule has 0 aromatic heterocycles. The zero-order valence-electron chi connectivity index (χ0n) is 19.5. The molecule has 2 atom stereocenters. The standard InChI is InChI=1S/C23H26N6O7/c1-13(30)23(21(34)36-2,28-22(35)27-15-10-8-14(9-11-15)19(25)26)29(16-6-4-3-5-7-16)20(33)17(24)12-18(31)32/h3-11,17H,12,24H2,1-2H3,(H3,25,26)(H,31,32)(H2,27,28,35)/t17-,23-/m0/s1. The first-order valence-electron chi connectivity index (χ1n) is 10.4. The van der Waals surface area contributed by atoms with Gasteiger partial charge in [-0.2, -0.15) is 0 Å². The van der Waals surface area contributed by atoms with Crippen LogP contribution >= 0.6 is 0 Å². The minimum absolute atomic E-state index is 0.0324. The molecule has 190 valence electrons. The van der Waals surface area contributed by atoms with Crippen molar-refractivity contribution >= 4 is 46.9 Å². The lowest BCUT2D eigenvalue weighted by molar-refractivity contribution is -0.154. The number of amides is 3. The maximum absolute atomic E-state index is 13.4. The molecule has 0 radical (unpaired) electrons. The van der Waals surface area contributed by atoms with E-state index in [2.05, 4.69) is 10.6 Å². The normalized spacial score (nSPS) is 12.9. The molecule has 0 saturated heterocycles. The van der Waals surface area contributed by atoms with Crippen LogP contribution in [0.4, 0.5) is 16.2 Å². The van der Waals surface area contributed by atoms with Crippen molar-refractivity contribution in [3.05, 3.63) is 60.2 Å². The third-order valence-electron chi connectivity index (χ3n) is 5.02. The number of nitrogens with zero attached hydrogens (tertiary/aromatic N) is 1. The zero-order chi connectivity index (χ0) is 27.0. The van der Waals surface area contributed by atoms with Crippen LogP contribution in [0, 0.1) is 5.41 Å². The smallest absolute Gasteiger partial charge is 0.361 e. The van der Waals surface area contributed by atoms with Gasteiger partial charge in [0.05, 0.1) is 19.6 Å². The fourth-order valence-corrected chi connectivity index (χ4v) is 3.30. The molecular formula is C23H26N6O7. The second kappa shape index (κ2) is 11.6. The van der Waals surface area contributed by atoms with Crippen molar-refractivity contribution in [1.82, 2.24) is 5.32 Å². The maximum atomic E-state index is 13.4. The van der Waals surface area contributed by atoms with Crippen molar-refractivity contribution < 1.29 is 33.8 Å². The third-order valence-corrected chi connectivity index (χ3v) is 5.02. The first-order chi connectivity index (χ1) is 16.9. The van der Waals surface area contributed by atoms with Crippen molar-refractivity contribution in [1.29, 1.82) is 5.41 Å². The third kappa shape index (κ3) is 6.01. The Morgan fingerprint density at radius 2 is 1.67 bits per heavy atom. The highest BCUT2D eigenvalue weighted by Gasteiger charge is 2.55. The Bertz CT molecular complexity index is 1170. The van der Waals surface area contributed by atoms with Crippen LogP contribution in [-0.2, 0) is 23.9 Å². The summed E-state index contributed by atoms with van der Waals surface area (Å²) < 4.78 is 4.79. The van der Waals surface area contributed by atoms with E-state index in [1.165, 1.54) is 48.5 Å². The van der Waals surface area contributed by atoms with Crippen molar-refractivity contribution in [3.63, 3.8) is 0 Å². The number of carboxylic acids is 1. The quantitative estimate of drug-likeness (QED) is 0.0875. The van der Waals surface area contributed by atoms with Crippen LogP contribution in [0.3, 0.4) is 0 Å². The summed E-state index contributed by atoms with van der Waals surface area (Å²) in [6.45, 7) is 0.949.